The Morgan fingerprint density at radius 3 is 1.69 bits per heavy atom. The van der Waals surface area contributed by atoms with Crippen molar-refractivity contribution in [1.82, 2.24) is 63.0 Å². The molecular formula is C58H94N14O18. The zero-order valence-electron chi connectivity index (χ0n) is 52.4. The number of amides is 12. The Hall–Kier alpha value is -8.29. The molecule has 12 unspecified atom stereocenters. The second-order valence-electron chi connectivity index (χ2n) is 23.8. The number of hydrogen-bond acceptors (Lipinski definition) is 17. The van der Waals surface area contributed by atoms with E-state index >= 15 is 4.79 Å². The number of nitrogens with zero attached hydrogens (tertiary/aromatic N) is 2. The summed E-state index contributed by atoms with van der Waals surface area (Å²) in [5.41, 5.74) is 12.2. The molecule has 3 fully saturated rings. The number of rotatable bonds is 22. The number of unbranched alkanes of at least 4 members (excludes halogenated alkanes) is 5. The van der Waals surface area contributed by atoms with Gasteiger partial charge in [-0.15, -0.1) is 0 Å². The lowest BCUT2D eigenvalue weighted by atomic mass is 9.96. The molecule has 0 aromatic rings. The molecule has 32 nitrogen and oxygen atoms in total. The van der Waals surface area contributed by atoms with Crippen LogP contribution in [0.3, 0.4) is 0 Å². The Labute approximate surface area is 522 Å². The zero-order chi connectivity index (χ0) is 67.5. The molecule has 17 N–H and O–H groups in total. The normalized spacial score (nSPS) is 25.5. The lowest BCUT2D eigenvalue weighted by Gasteiger charge is -2.39. The molecule has 90 heavy (non-hydrogen) atoms. The molecule has 32 heteroatoms. The van der Waals surface area contributed by atoms with Crippen molar-refractivity contribution < 1.29 is 87.2 Å². The van der Waals surface area contributed by atoms with Crippen LogP contribution < -0.4 is 64.6 Å². The summed E-state index contributed by atoms with van der Waals surface area (Å²) >= 11 is 0. The number of hydrogen-bond donors (Lipinski definition) is 15. The van der Waals surface area contributed by atoms with E-state index in [4.69, 9.17) is 11.5 Å². The van der Waals surface area contributed by atoms with E-state index in [1.165, 1.54) is 25.2 Å². The number of aliphatic carboxylic acids is 3. The predicted molar refractivity (Wildman–Crippen MR) is 321 cm³/mol. The minimum atomic E-state index is -2.10. The van der Waals surface area contributed by atoms with Gasteiger partial charge in [-0.25, -0.2) is 0 Å². The van der Waals surface area contributed by atoms with Crippen LogP contribution in [0.5, 0.6) is 0 Å². The first-order chi connectivity index (χ1) is 42.4. The highest BCUT2D eigenvalue weighted by atomic mass is 16.4. The maximum atomic E-state index is 15.2. The summed E-state index contributed by atoms with van der Waals surface area (Å²) < 4.78 is 0. The van der Waals surface area contributed by atoms with Crippen molar-refractivity contribution in [2.45, 2.75) is 211 Å². The van der Waals surface area contributed by atoms with Gasteiger partial charge in [0.05, 0.1) is 37.9 Å². The fourth-order valence-electron chi connectivity index (χ4n) is 10.4. The van der Waals surface area contributed by atoms with Gasteiger partial charge in [0.2, 0.25) is 70.9 Å². The van der Waals surface area contributed by atoms with Crippen molar-refractivity contribution in [2.75, 3.05) is 32.7 Å². The number of carbonyl (C=O) groups is 15. The van der Waals surface area contributed by atoms with Gasteiger partial charge in [-0.05, 0) is 77.6 Å². The lowest BCUT2D eigenvalue weighted by Crippen LogP contribution is -2.66. The predicted octanol–water partition coefficient (Wildman–Crippen LogP) is -3.53. The van der Waals surface area contributed by atoms with Crippen LogP contribution in [0.25, 0.3) is 0 Å². The first-order valence-electron chi connectivity index (χ1n) is 30.7. The molecule has 3 aliphatic heterocycles. The van der Waals surface area contributed by atoms with Crippen LogP contribution in [0.15, 0.2) is 12.2 Å². The Bertz CT molecular complexity index is 2620. The molecule has 12 amide bonds. The number of carboxylic acid groups (broad SMARTS) is 3. The average Bonchev–Trinajstić information content (AvgIpc) is 2.46. The molecule has 0 saturated carbocycles. The number of fused-ring (bicyclic) bond motifs is 2. The molecule has 504 valence electrons. The Morgan fingerprint density at radius 1 is 0.600 bits per heavy atom. The topological polar surface area (TPSA) is 496 Å². The third-order valence-electron chi connectivity index (χ3n) is 15.6. The summed E-state index contributed by atoms with van der Waals surface area (Å²) in [6, 6.07) is -17.6. The lowest BCUT2D eigenvalue weighted by molar-refractivity contribution is -0.149. The van der Waals surface area contributed by atoms with Crippen molar-refractivity contribution in [3.05, 3.63) is 12.2 Å². The molecule has 0 bridgehead atoms. The Morgan fingerprint density at radius 2 is 1.12 bits per heavy atom. The molecule has 3 rings (SSSR count). The van der Waals surface area contributed by atoms with Gasteiger partial charge in [-0.1, -0.05) is 72.0 Å². The standard InChI is InChI=1S/C58H94N14O18/c1-30(2)19-14-12-10-8-9-11-13-15-22-40(73)65-37(27-59)51(82)70-48-34(7)63-52(83)39-21-18-24-72(39)56(87)45(31(3)4)68-55(86)47(33(6)60)67-42(75)29-62-49(80)35(25-43(76)77)64-41(74)28-61-50(81)36(26-44(78)79)66-54(85)46(32(5)58(89)90)69-53(84)38-20-16-17-23-71(38)57(48)88/h13,15,30-39,45-48H,8-12,14,16-29,59-60H2,1-7H3,(H,61,81)(H,62,80)(H,63,83)(H,64,74)(H,65,73)(H,66,85)(H,67,75)(H,68,86)(H,69,84)(H,70,82)(H,76,77)(H,78,79)(H,89,90)/b15-13+. The van der Waals surface area contributed by atoms with Crippen molar-refractivity contribution in [3.63, 3.8) is 0 Å². The highest BCUT2D eigenvalue weighted by molar-refractivity contribution is 6.01. The SMILES string of the molecule is CC(C)CCCCCCC/C=C/CC(=O)NC(CN)C(=O)NC1C(=O)N2CCCCC2C(=O)NC(C(C)C(=O)O)C(=O)NC(CC(=O)O)C(=O)NCC(=O)NC(CC(=O)O)C(=O)NCC(=O)NC(C(C)N)C(=O)NC(C(C)C)C(=O)N2CCCC2C(=O)NC1C. The summed E-state index contributed by atoms with van der Waals surface area (Å²) in [6.07, 6.45) is 9.14. The van der Waals surface area contributed by atoms with E-state index in [1.807, 2.05) is 11.4 Å². The smallest absolute Gasteiger partial charge is 0.308 e. The summed E-state index contributed by atoms with van der Waals surface area (Å²) in [6.45, 7) is 8.59. The van der Waals surface area contributed by atoms with Crippen molar-refractivity contribution in [2.24, 2.45) is 29.2 Å². The second-order valence-corrected chi connectivity index (χ2v) is 23.8. The average molecular weight is 1280 g/mol. The molecule has 0 aromatic carbocycles. The van der Waals surface area contributed by atoms with E-state index in [1.54, 1.807) is 19.9 Å². The minimum Gasteiger partial charge on any atom is -0.481 e. The van der Waals surface area contributed by atoms with Crippen LogP contribution in [0.4, 0.5) is 0 Å². The largest absolute Gasteiger partial charge is 0.481 e. The van der Waals surface area contributed by atoms with E-state index < -0.39 is 200 Å². The van der Waals surface area contributed by atoms with Gasteiger partial charge in [-0.3, -0.25) is 71.9 Å². The van der Waals surface area contributed by atoms with E-state index in [2.05, 4.69) is 61.7 Å². The van der Waals surface area contributed by atoms with Gasteiger partial charge in [0.1, 0.15) is 54.4 Å². The van der Waals surface area contributed by atoms with Crippen LogP contribution >= 0.6 is 0 Å². The number of nitrogens with one attached hydrogen (secondary N) is 10. The molecule has 0 radical (unpaired) electrons. The summed E-state index contributed by atoms with van der Waals surface area (Å²) in [5, 5.41) is 52.8. The molecule has 3 saturated heterocycles. The molecule has 3 heterocycles. The Kier molecular flexibility index (Phi) is 31.8. The van der Waals surface area contributed by atoms with Crippen LogP contribution in [-0.2, 0) is 71.9 Å². The summed E-state index contributed by atoms with van der Waals surface area (Å²) in [4.78, 5) is 206. The molecule has 3 aliphatic rings. The van der Waals surface area contributed by atoms with Gasteiger partial charge in [0, 0.05) is 32.1 Å². The van der Waals surface area contributed by atoms with Crippen LogP contribution in [0.1, 0.15) is 145 Å². The molecule has 0 aromatic heterocycles. The van der Waals surface area contributed by atoms with E-state index in [-0.39, 0.29) is 51.6 Å². The number of nitrogens with two attached hydrogens (primary N) is 2. The van der Waals surface area contributed by atoms with E-state index in [9.17, 15) is 82.4 Å². The maximum Gasteiger partial charge on any atom is 0.308 e. The molecular weight excluding hydrogens is 1180 g/mol. The van der Waals surface area contributed by atoms with Crippen molar-refractivity contribution >= 4 is 88.8 Å². The van der Waals surface area contributed by atoms with E-state index in [0.717, 1.165) is 50.3 Å². The second kappa shape index (κ2) is 37.6. The first-order valence-corrected chi connectivity index (χ1v) is 30.7. The van der Waals surface area contributed by atoms with Crippen LogP contribution in [0, 0.1) is 17.8 Å². The quantitative estimate of drug-likeness (QED) is 0.0369. The fourth-order valence-corrected chi connectivity index (χ4v) is 10.4. The van der Waals surface area contributed by atoms with Gasteiger partial charge >= 0.3 is 17.9 Å². The number of allylic oxidation sites excluding steroid dienone is 1. The maximum absolute atomic E-state index is 15.2. The monoisotopic (exact) mass is 1270 g/mol. The van der Waals surface area contributed by atoms with Gasteiger partial charge in [0.25, 0.3) is 0 Å². The summed E-state index contributed by atoms with van der Waals surface area (Å²) in [7, 11) is 0. The summed E-state index contributed by atoms with van der Waals surface area (Å²) in [5.74, 6) is -19.3. The minimum absolute atomic E-state index is 0.00270. The van der Waals surface area contributed by atoms with Crippen LogP contribution in [-0.4, -0.2) is 213 Å². The zero-order valence-corrected chi connectivity index (χ0v) is 52.4. The van der Waals surface area contributed by atoms with Gasteiger partial charge < -0.3 is 89.8 Å². The fraction of sp³-hybridized carbons (Fsp3) is 0.707. The van der Waals surface area contributed by atoms with Crippen molar-refractivity contribution in [1.29, 1.82) is 0 Å². The first kappa shape index (κ1) is 76.0. The van der Waals surface area contributed by atoms with E-state index in [0.29, 0.717) is 5.92 Å². The molecule has 0 spiro atoms. The Balaban J connectivity index is 2.12. The third kappa shape index (κ3) is 24.6. The van der Waals surface area contributed by atoms with Gasteiger partial charge in [-0.2, -0.15) is 0 Å². The van der Waals surface area contributed by atoms with Gasteiger partial charge in [0.15, 0.2) is 0 Å². The van der Waals surface area contributed by atoms with Crippen LogP contribution in [0.2, 0.25) is 0 Å². The third-order valence-corrected chi connectivity index (χ3v) is 15.6. The molecule has 0 aliphatic carbocycles. The number of piperidine rings is 1. The van der Waals surface area contributed by atoms with Crippen molar-refractivity contribution in [3.8, 4) is 0 Å². The highest BCUT2D eigenvalue weighted by Gasteiger charge is 2.45. The highest BCUT2D eigenvalue weighted by Crippen LogP contribution is 2.24. The number of carboxylic acids is 3. The molecule has 12 atom stereocenters. The number of carbonyl (C=O) groups excluding carboxylic acids is 12.